The molecule has 0 saturated carbocycles. The Morgan fingerprint density at radius 1 is 1.36 bits per heavy atom. The van der Waals surface area contributed by atoms with Gasteiger partial charge in [-0.15, -0.1) is 0 Å². The zero-order chi connectivity index (χ0) is 10.4. The molecule has 0 heterocycles. The van der Waals surface area contributed by atoms with Gasteiger partial charge in [0.2, 0.25) is 0 Å². The fourth-order valence-electron chi connectivity index (χ4n) is 1.52. The van der Waals surface area contributed by atoms with Crippen LogP contribution in [0, 0.1) is 0 Å². The van der Waals surface area contributed by atoms with E-state index in [0.717, 1.165) is 6.42 Å². The highest BCUT2D eigenvalue weighted by atomic mass is 79.9. The van der Waals surface area contributed by atoms with Crippen LogP contribution < -0.4 is 5.73 Å². The van der Waals surface area contributed by atoms with Gasteiger partial charge in [0.15, 0.2) is 0 Å². The normalized spacial score (nSPS) is 12.8. The maximum atomic E-state index is 5.69. The summed E-state index contributed by atoms with van der Waals surface area (Å²) >= 11 is 3.37. The van der Waals surface area contributed by atoms with Gasteiger partial charge in [-0.2, -0.15) is 0 Å². The number of hydrogen-bond acceptors (Lipinski definition) is 1. The van der Waals surface area contributed by atoms with Crippen molar-refractivity contribution in [2.75, 3.05) is 0 Å². The molecule has 2 N–H and O–H groups in total. The molecule has 2 heteroatoms. The molecule has 1 aromatic carbocycles. The summed E-state index contributed by atoms with van der Waals surface area (Å²) in [5, 5.41) is 0. The van der Waals surface area contributed by atoms with Crippen molar-refractivity contribution in [1.82, 2.24) is 0 Å². The minimum Gasteiger partial charge on any atom is -0.319 e. The Kier molecular flexibility index (Phi) is 5.20. The number of nitrogens with two attached hydrogens (primary N) is 1. The van der Waals surface area contributed by atoms with Gasteiger partial charge in [-0.25, -0.2) is 0 Å². The Morgan fingerprint density at radius 2 is 2.07 bits per heavy atom. The third-order valence-electron chi connectivity index (χ3n) is 2.24. The van der Waals surface area contributed by atoms with Crippen LogP contribution >= 0.6 is 15.9 Å². The molecule has 0 fully saturated rings. The zero-order valence-corrected chi connectivity index (χ0v) is 10.3. The Hall–Kier alpha value is -0.340. The predicted octanol–water partition coefficient (Wildman–Crippen LogP) is 3.25. The molecule has 1 unspecified atom stereocenters. The molecule has 0 aliphatic rings. The average Bonchev–Trinajstić information content (AvgIpc) is 2.14. The molecule has 1 atom stereocenters. The van der Waals surface area contributed by atoms with Crippen molar-refractivity contribution in [3.05, 3.63) is 35.4 Å². The summed E-state index contributed by atoms with van der Waals surface area (Å²) in [6, 6.07) is 8.71. The summed E-state index contributed by atoms with van der Waals surface area (Å²) in [7, 11) is 0. The Balaban J connectivity index is 2.59. The molecule has 14 heavy (non-hydrogen) atoms. The van der Waals surface area contributed by atoms with Crippen LogP contribution in [0.2, 0.25) is 0 Å². The summed E-state index contributed by atoms with van der Waals surface area (Å²) < 4.78 is 0. The van der Waals surface area contributed by atoms with Gasteiger partial charge in [-0.05, 0) is 30.4 Å². The van der Waals surface area contributed by atoms with Gasteiger partial charge < -0.3 is 5.73 Å². The summed E-state index contributed by atoms with van der Waals surface area (Å²) in [4.78, 5) is 0.0731. The maximum Gasteiger partial charge on any atom is 0.0646 e. The fourth-order valence-corrected chi connectivity index (χ4v) is 1.89. The first kappa shape index (κ1) is 11.7. The van der Waals surface area contributed by atoms with Gasteiger partial charge in [0.1, 0.15) is 0 Å². The van der Waals surface area contributed by atoms with Crippen molar-refractivity contribution in [1.29, 1.82) is 0 Å². The molecule has 0 aliphatic heterocycles. The quantitative estimate of drug-likeness (QED) is 0.635. The first-order chi connectivity index (χ1) is 6.72. The van der Waals surface area contributed by atoms with E-state index in [2.05, 4.69) is 47.1 Å². The van der Waals surface area contributed by atoms with Crippen molar-refractivity contribution in [2.45, 2.75) is 37.6 Å². The second kappa shape index (κ2) is 6.20. The number of halogens is 1. The Morgan fingerprint density at radius 3 is 2.71 bits per heavy atom. The second-order valence-electron chi connectivity index (χ2n) is 3.64. The van der Waals surface area contributed by atoms with Crippen LogP contribution in [0.3, 0.4) is 0 Å². The van der Waals surface area contributed by atoms with E-state index in [1.54, 1.807) is 0 Å². The average molecular weight is 256 g/mol. The standard InChI is InChI=1S/C12H18BrN/c1-2-3-5-10-6-4-7-11(8-10)9-12(13)14/h4,6-8,12H,2-3,5,9,14H2,1H3. The van der Waals surface area contributed by atoms with Crippen molar-refractivity contribution >= 4 is 15.9 Å². The van der Waals surface area contributed by atoms with Crippen molar-refractivity contribution < 1.29 is 0 Å². The third kappa shape index (κ3) is 4.25. The van der Waals surface area contributed by atoms with Gasteiger partial charge in [0.25, 0.3) is 0 Å². The van der Waals surface area contributed by atoms with Crippen LogP contribution in [0.15, 0.2) is 24.3 Å². The molecular weight excluding hydrogens is 238 g/mol. The van der Waals surface area contributed by atoms with E-state index in [4.69, 9.17) is 5.73 Å². The van der Waals surface area contributed by atoms with E-state index in [-0.39, 0.29) is 4.95 Å². The number of benzene rings is 1. The van der Waals surface area contributed by atoms with Gasteiger partial charge in [-0.3, -0.25) is 0 Å². The van der Waals surface area contributed by atoms with Crippen molar-refractivity contribution in [2.24, 2.45) is 5.73 Å². The summed E-state index contributed by atoms with van der Waals surface area (Å²) in [6.07, 6.45) is 4.60. The van der Waals surface area contributed by atoms with E-state index in [1.807, 2.05) is 0 Å². The summed E-state index contributed by atoms with van der Waals surface area (Å²) in [6.45, 7) is 2.22. The molecule has 0 spiro atoms. The van der Waals surface area contributed by atoms with Crippen LogP contribution in [0.5, 0.6) is 0 Å². The number of alkyl halides is 1. The lowest BCUT2D eigenvalue weighted by atomic mass is 10.0. The highest BCUT2D eigenvalue weighted by molar-refractivity contribution is 9.09. The Labute approximate surface area is 94.8 Å². The van der Waals surface area contributed by atoms with E-state index in [1.165, 1.54) is 30.4 Å². The van der Waals surface area contributed by atoms with Crippen molar-refractivity contribution in [3.63, 3.8) is 0 Å². The van der Waals surface area contributed by atoms with Gasteiger partial charge in [0, 0.05) is 0 Å². The molecule has 1 rings (SSSR count). The topological polar surface area (TPSA) is 26.0 Å². The second-order valence-corrected chi connectivity index (χ2v) is 4.82. The minimum absolute atomic E-state index is 0.0731. The van der Waals surface area contributed by atoms with Crippen LogP contribution in [-0.2, 0) is 12.8 Å². The van der Waals surface area contributed by atoms with Gasteiger partial charge in [0.05, 0.1) is 4.95 Å². The molecule has 0 bridgehead atoms. The lowest BCUT2D eigenvalue weighted by Crippen LogP contribution is -2.13. The molecule has 0 aliphatic carbocycles. The monoisotopic (exact) mass is 255 g/mol. The van der Waals surface area contributed by atoms with Crippen molar-refractivity contribution in [3.8, 4) is 0 Å². The lowest BCUT2D eigenvalue weighted by Gasteiger charge is -2.06. The molecule has 1 nitrogen and oxygen atoms in total. The number of rotatable bonds is 5. The number of unbranched alkanes of at least 4 members (excludes halogenated alkanes) is 1. The van der Waals surface area contributed by atoms with Crippen LogP contribution in [0.4, 0.5) is 0 Å². The summed E-state index contributed by atoms with van der Waals surface area (Å²) in [5.74, 6) is 0. The van der Waals surface area contributed by atoms with Gasteiger partial charge >= 0.3 is 0 Å². The van der Waals surface area contributed by atoms with Crippen LogP contribution in [0.25, 0.3) is 0 Å². The fraction of sp³-hybridized carbons (Fsp3) is 0.500. The molecule has 78 valence electrons. The summed E-state index contributed by atoms with van der Waals surface area (Å²) in [5.41, 5.74) is 8.44. The Bertz CT molecular complexity index is 271. The van der Waals surface area contributed by atoms with Gasteiger partial charge in [-0.1, -0.05) is 53.5 Å². The molecule has 0 aromatic heterocycles. The van der Waals surface area contributed by atoms with Crippen LogP contribution in [-0.4, -0.2) is 4.95 Å². The van der Waals surface area contributed by atoms with Crippen LogP contribution in [0.1, 0.15) is 30.9 Å². The zero-order valence-electron chi connectivity index (χ0n) is 8.67. The maximum absolute atomic E-state index is 5.69. The highest BCUT2D eigenvalue weighted by Crippen LogP contribution is 2.11. The lowest BCUT2D eigenvalue weighted by molar-refractivity contribution is 0.792. The molecule has 0 saturated heterocycles. The SMILES string of the molecule is CCCCc1cccc(CC(N)Br)c1. The number of hydrogen-bond donors (Lipinski definition) is 1. The molecule has 1 aromatic rings. The minimum atomic E-state index is 0.0731. The first-order valence-electron chi connectivity index (χ1n) is 5.20. The van der Waals surface area contributed by atoms with E-state index >= 15 is 0 Å². The van der Waals surface area contributed by atoms with E-state index in [9.17, 15) is 0 Å². The largest absolute Gasteiger partial charge is 0.319 e. The highest BCUT2D eigenvalue weighted by Gasteiger charge is 2.00. The predicted molar refractivity (Wildman–Crippen MR) is 65.7 cm³/mol. The molecule has 0 amide bonds. The first-order valence-corrected chi connectivity index (χ1v) is 6.11. The molecule has 0 radical (unpaired) electrons. The smallest absolute Gasteiger partial charge is 0.0646 e. The van der Waals surface area contributed by atoms with E-state index in [0.29, 0.717) is 0 Å². The van der Waals surface area contributed by atoms with E-state index < -0.39 is 0 Å². The third-order valence-corrected chi connectivity index (χ3v) is 2.56. The molecular formula is C12H18BrN. The number of aryl methyl sites for hydroxylation is 1.